The molecule has 0 radical (unpaired) electrons. The van der Waals surface area contributed by atoms with Gasteiger partial charge in [0, 0.05) is 37.2 Å². The van der Waals surface area contributed by atoms with Gasteiger partial charge in [-0.15, -0.1) is 0 Å². The molecular weight excluding hydrogens is 292 g/mol. The first-order chi connectivity index (χ1) is 11.3. The zero-order valence-electron chi connectivity index (χ0n) is 13.1. The second kappa shape index (κ2) is 7.09. The minimum Gasteiger partial charge on any atom is -0.462 e. The predicted molar refractivity (Wildman–Crippen MR) is 88.7 cm³/mol. The minimum absolute atomic E-state index is 0.277. The SMILES string of the molecule is CCOC(=O)c1ccc(N2CC[C@@H](Nc3ncccn3)C2)cc1. The first-order valence-corrected chi connectivity index (χ1v) is 7.82. The monoisotopic (exact) mass is 312 g/mol. The molecule has 1 saturated heterocycles. The molecule has 0 unspecified atom stereocenters. The van der Waals surface area contributed by atoms with Gasteiger partial charge in [0.2, 0.25) is 5.95 Å². The molecule has 1 aliphatic heterocycles. The third-order valence-corrected chi connectivity index (χ3v) is 3.83. The highest BCUT2D eigenvalue weighted by atomic mass is 16.5. The van der Waals surface area contributed by atoms with Gasteiger partial charge in [0.25, 0.3) is 0 Å². The Kier molecular flexibility index (Phi) is 4.71. The lowest BCUT2D eigenvalue weighted by Gasteiger charge is -2.19. The molecule has 3 rings (SSSR count). The van der Waals surface area contributed by atoms with Crippen LogP contribution in [0.2, 0.25) is 0 Å². The first kappa shape index (κ1) is 15.3. The Labute approximate surface area is 135 Å². The number of rotatable bonds is 5. The van der Waals surface area contributed by atoms with Crippen LogP contribution in [0.15, 0.2) is 42.7 Å². The van der Waals surface area contributed by atoms with Crippen LogP contribution in [-0.2, 0) is 4.74 Å². The van der Waals surface area contributed by atoms with Gasteiger partial charge in [-0.2, -0.15) is 0 Å². The molecule has 1 aromatic carbocycles. The standard InChI is InChI=1S/C17H20N4O2/c1-2-23-16(22)13-4-6-15(7-5-13)21-11-8-14(12-21)20-17-18-9-3-10-19-17/h3-7,9-10,14H,2,8,11-12H2,1H3,(H,18,19,20)/t14-/m1/s1. The van der Waals surface area contributed by atoms with Crippen LogP contribution in [0, 0.1) is 0 Å². The van der Waals surface area contributed by atoms with E-state index in [9.17, 15) is 4.79 Å². The van der Waals surface area contributed by atoms with Crippen LogP contribution in [0.3, 0.4) is 0 Å². The summed E-state index contributed by atoms with van der Waals surface area (Å²) in [6.07, 6.45) is 4.49. The van der Waals surface area contributed by atoms with E-state index in [1.54, 1.807) is 25.4 Å². The van der Waals surface area contributed by atoms with Gasteiger partial charge in [-0.1, -0.05) is 0 Å². The normalized spacial score (nSPS) is 17.1. The molecule has 0 bridgehead atoms. The van der Waals surface area contributed by atoms with E-state index >= 15 is 0 Å². The number of carbonyl (C=O) groups excluding carboxylic acids is 1. The van der Waals surface area contributed by atoms with Crippen molar-refractivity contribution < 1.29 is 9.53 Å². The summed E-state index contributed by atoms with van der Waals surface area (Å²) >= 11 is 0. The molecule has 0 aliphatic carbocycles. The van der Waals surface area contributed by atoms with Crippen molar-refractivity contribution in [2.45, 2.75) is 19.4 Å². The number of ether oxygens (including phenoxy) is 1. The Hall–Kier alpha value is -2.63. The van der Waals surface area contributed by atoms with Crippen LogP contribution in [-0.4, -0.2) is 41.7 Å². The smallest absolute Gasteiger partial charge is 0.338 e. The van der Waals surface area contributed by atoms with E-state index in [0.29, 0.717) is 24.2 Å². The van der Waals surface area contributed by atoms with Crippen molar-refractivity contribution in [2.75, 3.05) is 29.9 Å². The van der Waals surface area contributed by atoms with Crippen molar-refractivity contribution >= 4 is 17.6 Å². The zero-order chi connectivity index (χ0) is 16.1. The molecule has 6 nitrogen and oxygen atoms in total. The fraction of sp³-hybridized carbons (Fsp3) is 0.353. The Bertz CT molecular complexity index is 645. The second-order valence-corrected chi connectivity index (χ2v) is 5.42. The number of hydrogen-bond donors (Lipinski definition) is 1. The number of nitrogens with one attached hydrogen (secondary N) is 1. The number of carbonyl (C=O) groups is 1. The molecule has 23 heavy (non-hydrogen) atoms. The van der Waals surface area contributed by atoms with Crippen LogP contribution < -0.4 is 10.2 Å². The van der Waals surface area contributed by atoms with Crippen LogP contribution in [0.25, 0.3) is 0 Å². The molecule has 1 atom stereocenters. The predicted octanol–water partition coefficient (Wildman–Crippen LogP) is 2.34. The molecule has 0 saturated carbocycles. The number of nitrogens with zero attached hydrogens (tertiary/aromatic N) is 3. The maximum atomic E-state index is 11.7. The van der Waals surface area contributed by atoms with Crippen molar-refractivity contribution in [2.24, 2.45) is 0 Å². The highest BCUT2D eigenvalue weighted by molar-refractivity contribution is 5.89. The molecular formula is C17H20N4O2. The summed E-state index contributed by atoms with van der Waals surface area (Å²) in [7, 11) is 0. The van der Waals surface area contributed by atoms with Crippen molar-refractivity contribution in [3.63, 3.8) is 0 Å². The van der Waals surface area contributed by atoms with E-state index in [0.717, 1.165) is 25.2 Å². The van der Waals surface area contributed by atoms with E-state index < -0.39 is 0 Å². The third kappa shape index (κ3) is 3.77. The lowest BCUT2D eigenvalue weighted by Crippen LogP contribution is -2.26. The van der Waals surface area contributed by atoms with Gasteiger partial charge in [0.15, 0.2) is 0 Å². The Morgan fingerprint density at radius 1 is 1.30 bits per heavy atom. The lowest BCUT2D eigenvalue weighted by atomic mass is 10.2. The van der Waals surface area contributed by atoms with Gasteiger partial charge in [0.05, 0.1) is 12.2 Å². The van der Waals surface area contributed by atoms with Gasteiger partial charge < -0.3 is 15.0 Å². The molecule has 6 heteroatoms. The van der Waals surface area contributed by atoms with E-state index in [4.69, 9.17) is 4.74 Å². The summed E-state index contributed by atoms with van der Waals surface area (Å²) in [4.78, 5) is 22.4. The number of aromatic nitrogens is 2. The summed E-state index contributed by atoms with van der Waals surface area (Å²) in [5, 5.41) is 3.35. The topological polar surface area (TPSA) is 67.3 Å². The summed E-state index contributed by atoms with van der Waals surface area (Å²) in [5.41, 5.74) is 1.69. The fourth-order valence-electron chi connectivity index (χ4n) is 2.69. The molecule has 120 valence electrons. The van der Waals surface area contributed by atoms with Crippen LogP contribution >= 0.6 is 0 Å². The third-order valence-electron chi connectivity index (χ3n) is 3.83. The molecule has 2 aromatic rings. The maximum Gasteiger partial charge on any atom is 0.338 e. The van der Waals surface area contributed by atoms with E-state index in [-0.39, 0.29) is 5.97 Å². The Morgan fingerprint density at radius 2 is 2.04 bits per heavy atom. The largest absolute Gasteiger partial charge is 0.462 e. The van der Waals surface area contributed by atoms with Crippen molar-refractivity contribution in [1.29, 1.82) is 0 Å². The molecule has 2 heterocycles. The van der Waals surface area contributed by atoms with Gasteiger partial charge >= 0.3 is 5.97 Å². The second-order valence-electron chi connectivity index (χ2n) is 5.42. The van der Waals surface area contributed by atoms with E-state index in [1.165, 1.54) is 0 Å². The van der Waals surface area contributed by atoms with Crippen molar-refractivity contribution in [1.82, 2.24) is 9.97 Å². The van der Waals surface area contributed by atoms with Crippen LogP contribution in [0.1, 0.15) is 23.7 Å². The molecule has 1 aliphatic rings. The maximum absolute atomic E-state index is 11.7. The Morgan fingerprint density at radius 3 is 2.74 bits per heavy atom. The number of hydrogen-bond acceptors (Lipinski definition) is 6. The summed E-state index contributed by atoms with van der Waals surface area (Å²) in [6, 6.07) is 9.68. The van der Waals surface area contributed by atoms with Crippen LogP contribution in [0.5, 0.6) is 0 Å². The highest BCUT2D eigenvalue weighted by Gasteiger charge is 2.23. The summed E-state index contributed by atoms with van der Waals surface area (Å²) < 4.78 is 5.00. The Balaban J connectivity index is 1.59. The molecule has 1 aromatic heterocycles. The lowest BCUT2D eigenvalue weighted by molar-refractivity contribution is 0.0526. The molecule has 0 amide bonds. The fourth-order valence-corrected chi connectivity index (χ4v) is 2.69. The average molecular weight is 312 g/mol. The number of anilines is 2. The zero-order valence-corrected chi connectivity index (χ0v) is 13.1. The molecule has 1 fully saturated rings. The summed E-state index contributed by atoms with van der Waals surface area (Å²) in [5.74, 6) is 0.387. The first-order valence-electron chi connectivity index (χ1n) is 7.82. The van der Waals surface area contributed by atoms with Gasteiger partial charge in [0.1, 0.15) is 0 Å². The number of esters is 1. The number of benzene rings is 1. The van der Waals surface area contributed by atoms with Gasteiger partial charge in [-0.05, 0) is 43.7 Å². The minimum atomic E-state index is -0.277. The van der Waals surface area contributed by atoms with Gasteiger partial charge in [-0.25, -0.2) is 14.8 Å². The molecule has 0 spiro atoms. The average Bonchev–Trinajstić information content (AvgIpc) is 3.05. The van der Waals surface area contributed by atoms with Crippen LogP contribution in [0.4, 0.5) is 11.6 Å². The highest BCUT2D eigenvalue weighted by Crippen LogP contribution is 2.22. The molecule has 1 N–H and O–H groups in total. The summed E-state index contributed by atoms with van der Waals surface area (Å²) in [6.45, 7) is 4.04. The quantitative estimate of drug-likeness (QED) is 0.855. The van der Waals surface area contributed by atoms with Crippen molar-refractivity contribution in [3.8, 4) is 0 Å². The van der Waals surface area contributed by atoms with Gasteiger partial charge in [-0.3, -0.25) is 0 Å². The van der Waals surface area contributed by atoms with E-state index in [1.807, 2.05) is 24.3 Å². The van der Waals surface area contributed by atoms with E-state index in [2.05, 4.69) is 20.2 Å². The van der Waals surface area contributed by atoms with Crippen molar-refractivity contribution in [3.05, 3.63) is 48.3 Å².